The Morgan fingerprint density at radius 1 is 1.36 bits per heavy atom. The molecule has 0 saturated carbocycles. The molecule has 6 nitrogen and oxygen atoms in total. The molecule has 0 aromatic heterocycles. The summed E-state index contributed by atoms with van der Waals surface area (Å²) >= 11 is 0. The van der Waals surface area contributed by atoms with Gasteiger partial charge in [0.2, 0.25) is 5.91 Å². The number of nitrogens with one attached hydrogen (secondary N) is 3. The van der Waals surface area contributed by atoms with Crippen LogP contribution in [-0.4, -0.2) is 37.6 Å². The van der Waals surface area contributed by atoms with E-state index in [1.807, 2.05) is 0 Å². The largest absolute Gasteiger partial charge is 0.353 e. The number of rotatable bonds is 4. The van der Waals surface area contributed by atoms with E-state index >= 15 is 0 Å². The van der Waals surface area contributed by atoms with Crippen molar-refractivity contribution in [2.24, 2.45) is 5.73 Å². The Morgan fingerprint density at radius 3 is 2.64 bits per heavy atom. The molecule has 0 bridgehead atoms. The molecular formula is C8H16N4O2. The summed E-state index contributed by atoms with van der Waals surface area (Å²) in [6.45, 7) is 1.69. The van der Waals surface area contributed by atoms with Gasteiger partial charge in [-0.25, -0.2) is 4.79 Å². The highest BCUT2D eigenvalue weighted by Gasteiger charge is 2.20. The lowest BCUT2D eigenvalue weighted by Crippen LogP contribution is -2.44. The standard InChI is InChI=1S/C8H16N4O2/c9-8(14)12-5-4-11-7(13)6-2-1-3-10-6/h6,10H,1-5H2,(H,11,13)(H3,9,12,14)/t6-/m0/s1. The lowest BCUT2D eigenvalue weighted by atomic mass is 10.2. The van der Waals surface area contributed by atoms with Crippen molar-refractivity contribution in [3.05, 3.63) is 0 Å². The van der Waals surface area contributed by atoms with Gasteiger partial charge in [-0.3, -0.25) is 4.79 Å². The second-order valence-electron chi connectivity index (χ2n) is 3.23. The van der Waals surface area contributed by atoms with Gasteiger partial charge in [0.15, 0.2) is 0 Å². The number of nitrogens with two attached hydrogens (primary N) is 1. The average Bonchev–Trinajstić information content (AvgIpc) is 2.64. The summed E-state index contributed by atoms with van der Waals surface area (Å²) in [6.07, 6.45) is 1.92. The molecule has 1 fully saturated rings. The van der Waals surface area contributed by atoms with Gasteiger partial charge >= 0.3 is 6.03 Å². The van der Waals surface area contributed by atoms with Crippen molar-refractivity contribution < 1.29 is 9.59 Å². The molecule has 1 aliphatic rings. The van der Waals surface area contributed by atoms with Gasteiger partial charge in [0, 0.05) is 13.1 Å². The molecule has 1 atom stereocenters. The highest BCUT2D eigenvalue weighted by atomic mass is 16.2. The third-order valence-corrected chi connectivity index (χ3v) is 2.10. The van der Waals surface area contributed by atoms with Crippen LogP contribution in [0.3, 0.4) is 0 Å². The Bertz CT molecular complexity index is 213. The molecular weight excluding hydrogens is 184 g/mol. The molecule has 0 radical (unpaired) electrons. The van der Waals surface area contributed by atoms with Crippen LogP contribution >= 0.6 is 0 Å². The summed E-state index contributed by atoms with van der Waals surface area (Å²) in [5, 5.41) is 8.19. The van der Waals surface area contributed by atoms with Crippen molar-refractivity contribution in [1.82, 2.24) is 16.0 Å². The number of primary amides is 1. The molecule has 80 valence electrons. The summed E-state index contributed by atoms with van der Waals surface area (Å²) in [7, 11) is 0. The van der Waals surface area contributed by atoms with E-state index in [1.165, 1.54) is 0 Å². The van der Waals surface area contributed by atoms with Crippen molar-refractivity contribution in [1.29, 1.82) is 0 Å². The molecule has 1 saturated heterocycles. The van der Waals surface area contributed by atoms with E-state index in [0.717, 1.165) is 19.4 Å². The Kier molecular flexibility index (Phi) is 4.18. The minimum Gasteiger partial charge on any atom is -0.353 e. The minimum absolute atomic E-state index is 0.00577. The fourth-order valence-corrected chi connectivity index (χ4v) is 1.40. The van der Waals surface area contributed by atoms with Crippen molar-refractivity contribution in [2.45, 2.75) is 18.9 Å². The van der Waals surface area contributed by atoms with Gasteiger partial charge in [-0.05, 0) is 19.4 Å². The van der Waals surface area contributed by atoms with Crippen molar-refractivity contribution >= 4 is 11.9 Å². The number of carbonyl (C=O) groups excluding carboxylic acids is 2. The quantitative estimate of drug-likeness (QED) is 0.417. The smallest absolute Gasteiger partial charge is 0.312 e. The van der Waals surface area contributed by atoms with Crippen LogP contribution in [0.1, 0.15) is 12.8 Å². The number of hydrogen-bond acceptors (Lipinski definition) is 3. The number of urea groups is 1. The lowest BCUT2D eigenvalue weighted by molar-refractivity contribution is -0.122. The summed E-state index contributed by atoms with van der Waals surface area (Å²) in [6, 6.07) is -0.637. The fourth-order valence-electron chi connectivity index (χ4n) is 1.40. The van der Waals surface area contributed by atoms with Crippen molar-refractivity contribution in [3.63, 3.8) is 0 Å². The second-order valence-corrected chi connectivity index (χ2v) is 3.23. The van der Waals surface area contributed by atoms with E-state index in [0.29, 0.717) is 13.1 Å². The van der Waals surface area contributed by atoms with Gasteiger partial charge in [0.05, 0.1) is 6.04 Å². The molecule has 0 aliphatic carbocycles. The predicted octanol–water partition coefficient (Wildman–Crippen LogP) is -1.48. The second kappa shape index (κ2) is 5.43. The van der Waals surface area contributed by atoms with Crippen molar-refractivity contribution in [3.8, 4) is 0 Å². The Morgan fingerprint density at radius 2 is 2.07 bits per heavy atom. The Balaban J connectivity index is 2.05. The first kappa shape index (κ1) is 10.8. The first-order valence-corrected chi connectivity index (χ1v) is 4.74. The third kappa shape index (κ3) is 3.61. The molecule has 0 aromatic rings. The van der Waals surface area contributed by atoms with Gasteiger partial charge in [-0.15, -0.1) is 0 Å². The summed E-state index contributed by atoms with van der Waals surface area (Å²) in [5.74, 6) is -0.00577. The first-order chi connectivity index (χ1) is 6.70. The van der Waals surface area contributed by atoms with E-state index in [9.17, 15) is 9.59 Å². The lowest BCUT2D eigenvalue weighted by Gasteiger charge is -2.10. The summed E-state index contributed by atoms with van der Waals surface area (Å²) in [5.41, 5.74) is 4.86. The maximum atomic E-state index is 11.4. The molecule has 0 unspecified atom stereocenters. The van der Waals surface area contributed by atoms with E-state index in [4.69, 9.17) is 5.73 Å². The molecule has 0 aromatic carbocycles. The van der Waals surface area contributed by atoms with Crippen LogP contribution in [0.15, 0.2) is 0 Å². The zero-order valence-corrected chi connectivity index (χ0v) is 8.01. The highest BCUT2D eigenvalue weighted by molar-refractivity contribution is 5.82. The number of amides is 3. The first-order valence-electron chi connectivity index (χ1n) is 4.74. The fraction of sp³-hybridized carbons (Fsp3) is 0.750. The maximum absolute atomic E-state index is 11.4. The maximum Gasteiger partial charge on any atom is 0.312 e. The van der Waals surface area contributed by atoms with Gasteiger partial charge in [0.25, 0.3) is 0 Å². The molecule has 0 spiro atoms. The van der Waals surface area contributed by atoms with Crippen LogP contribution < -0.4 is 21.7 Å². The van der Waals surface area contributed by atoms with Crippen LogP contribution in [0.25, 0.3) is 0 Å². The Hall–Kier alpha value is -1.30. The molecule has 1 heterocycles. The van der Waals surface area contributed by atoms with Gasteiger partial charge < -0.3 is 21.7 Å². The molecule has 1 aliphatic heterocycles. The van der Waals surface area contributed by atoms with Gasteiger partial charge in [-0.1, -0.05) is 0 Å². The molecule has 3 amide bonds. The van der Waals surface area contributed by atoms with Crippen LogP contribution in [0.5, 0.6) is 0 Å². The molecule has 14 heavy (non-hydrogen) atoms. The normalized spacial score (nSPS) is 20.4. The minimum atomic E-state index is -0.571. The molecule has 5 N–H and O–H groups in total. The number of carbonyl (C=O) groups is 2. The van der Waals surface area contributed by atoms with Crippen LogP contribution in [0.2, 0.25) is 0 Å². The summed E-state index contributed by atoms with van der Waals surface area (Å²) < 4.78 is 0. The van der Waals surface area contributed by atoms with E-state index in [2.05, 4.69) is 16.0 Å². The van der Waals surface area contributed by atoms with E-state index < -0.39 is 6.03 Å². The zero-order chi connectivity index (χ0) is 10.4. The van der Waals surface area contributed by atoms with Crippen LogP contribution in [-0.2, 0) is 4.79 Å². The topological polar surface area (TPSA) is 96.2 Å². The predicted molar refractivity (Wildman–Crippen MR) is 51.6 cm³/mol. The molecule has 1 rings (SSSR count). The van der Waals surface area contributed by atoms with E-state index in [-0.39, 0.29) is 11.9 Å². The number of hydrogen-bond donors (Lipinski definition) is 4. The average molecular weight is 200 g/mol. The zero-order valence-electron chi connectivity index (χ0n) is 8.01. The third-order valence-electron chi connectivity index (χ3n) is 2.10. The molecule has 6 heteroatoms. The summed E-state index contributed by atoms with van der Waals surface area (Å²) in [4.78, 5) is 21.7. The van der Waals surface area contributed by atoms with Crippen LogP contribution in [0, 0.1) is 0 Å². The van der Waals surface area contributed by atoms with Gasteiger partial charge in [0.1, 0.15) is 0 Å². The van der Waals surface area contributed by atoms with E-state index in [1.54, 1.807) is 0 Å². The van der Waals surface area contributed by atoms with Gasteiger partial charge in [-0.2, -0.15) is 0 Å². The van der Waals surface area contributed by atoms with Crippen LogP contribution in [0.4, 0.5) is 4.79 Å². The van der Waals surface area contributed by atoms with Crippen molar-refractivity contribution in [2.75, 3.05) is 19.6 Å². The Labute approximate surface area is 82.6 Å². The monoisotopic (exact) mass is 200 g/mol. The highest BCUT2D eigenvalue weighted by Crippen LogP contribution is 2.03. The SMILES string of the molecule is NC(=O)NCCNC(=O)[C@@H]1CCCN1.